The van der Waals surface area contributed by atoms with Gasteiger partial charge in [-0.3, -0.25) is 4.79 Å². The van der Waals surface area contributed by atoms with Gasteiger partial charge in [-0.05, 0) is 46.0 Å². The summed E-state index contributed by atoms with van der Waals surface area (Å²) < 4.78 is 5.47. The second-order valence-electron chi connectivity index (χ2n) is 7.95. The summed E-state index contributed by atoms with van der Waals surface area (Å²) in [7, 11) is 0. The quantitative estimate of drug-likeness (QED) is 0.748. The molecule has 5 nitrogen and oxygen atoms in total. The lowest BCUT2D eigenvalue weighted by molar-refractivity contribution is -0.143. The Balaban J connectivity index is 2.01. The predicted octanol–water partition coefficient (Wildman–Crippen LogP) is 2.89. The fraction of sp³-hybridized carbons (Fsp3) is 0.882. The maximum atomic E-state index is 12.5. The van der Waals surface area contributed by atoms with Crippen LogP contribution >= 0.6 is 0 Å². The molecule has 0 aliphatic carbocycles. The van der Waals surface area contributed by atoms with Gasteiger partial charge in [0.2, 0.25) is 5.91 Å². The molecule has 0 spiro atoms. The lowest BCUT2D eigenvalue weighted by Gasteiger charge is -2.44. The lowest BCUT2D eigenvalue weighted by atomic mass is 9.89. The van der Waals surface area contributed by atoms with E-state index < -0.39 is 5.60 Å². The summed E-state index contributed by atoms with van der Waals surface area (Å²) in [6.45, 7) is 12.0. The van der Waals surface area contributed by atoms with Gasteiger partial charge in [-0.15, -0.1) is 0 Å². The van der Waals surface area contributed by atoms with Crippen molar-refractivity contribution >= 4 is 12.0 Å². The molecule has 0 bridgehead atoms. The molecule has 0 N–H and O–H groups in total. The lowest BCUT2D eigenvalue weighted by Crippen LogP contribution is -2.56. The predicted molar refractivity (Wildman–Crippen MR) is 85.5 cm³/mol. The van der Waals surface area contributed by atoms with Crippen LogP contribution in [0.25, 0.3) is 0 Å². The van der Waals surface area contributed by atoms with E-state index in [1.165, 1.54) is 0 Å². The van der Waals surface area contributed by atoms with Gasteiger partial charge in [-0.1, -0.05) is 13.8 Å². The van der Waals surface area contributed by atoms with Crippen molar-refractivity contribution in [3.05, 3.63) is 0 Å². The molecule has 0 aromatic heterocycles. The normalized spacial score (nSPS) is 30.4. The molecule has 2 saturated heterocycles. The monoisotopic (exact) mass is 310 g/mol. The van der Waals surface area contributed by atoms with Crippen molar-refractivity contribution in [1.82, 2.24) is 9.80 Å². The third kappa shape index (κ3) is 4.14. The molecule has 3 atom stereocenters. The third-order valence-corrected chi connectivity index (χ3v) is 4.46. The smallest absolute Gasteiger partial charge is 0.410 e. The van der Waals surface area contributed by atoms with E-state index in [1.54, 1.807) is 4.90 Å². The van der Waals surface area contributed by atoms with Crippen molar-refractivity contribution in [1.29, 1.82) is 0 Å². The highest BCUT2D eigenvalue weighted by Crippen LogP contribution is 2.27. The first-order chi connectivity index (χ1) is 10.2. The number of likely N-dealkylation sites (tertiary alicyclic amines) is 2. The average molecular weight is 310 g/mol. The van der Waals surface area contributed by atoms with Crippen LogP contribution in [-0.4, -0.2) is 53.1 Å². The van der Waals surface area contributed by atoms with Gasteiger partial charge in [-0.2, -0.15) is 0 Å². The molecule has 0 aromatic carbocycles. The van der Waals surface area contributed by atoms with Gasteiger partial charge in [0.25, 0.3) is 0 Å². The van der Waals surface area contributed by atoms with E-state index in [0.717, 1.165) is 32.4 Å². The molecule has 2 amide bonds. The van der Waals surface area contributed by atoms with Crippen LogP contribution in [0.5, 0.6) is 0 Å². The summed E-state index contributed by atoms with van der Waals surface area (Å²) in [6.07, 6.45) is 2.61. The SMILES string of the molecule is CC1C[C@@H](C)CN([C@@H]2CCCN(C(=O)OC(C)(C)C)C2)C1=O. The number of ether oxygens (including phenoxy) is 1. The number of nitrogens with zero attached hydrogens (tertiary/aromatic N) is 2. The molecule has 126 valence electrons. The zero-order chi connectivity index (χ0) is 16.5. The van der Waals surface area contributed by atoms with Crippen molar-refractivity contribution in [2.24, 2.45) is 11.8 Å². The molecular weight excluding hydrogens is 280 g/mol. The van der Waals surface area contributed by atoms with Gasteiger partial charge in [0.15, 0.2) is 0 Å². The Labute approximate surface area is 134 Å². The average Bonchev–Trinajstić information content (AvgIpc) is 2.41. The van der Waals surface area contributed by atoms with Crippen LogP contribution in [0.1, 0.15) is 53.9 Å². The Kier molecular flexibility index (Phi) is 5.03. The molecule has 5 heteroatoms. The first kappa shape index (κ1) is 17.1. The summed E-state index contributed by atoms with van der Waals surface area (Å²) in [6, 6.07) is 0.138. The van der Waals surface area contributed by atoms with E-state index in [0.29, 0.717) is 12.5 Å². The van der Waals surface area contributed by atoms with E-state index in [9.17, 15) is 9.59 Å². The number of carbonyl (C=O) groups excluding carboxylic acids is 2. The van der Waals surface area contributed by atoms with Crippen molar-refractivity contribution < 1.29 is 14.3 Å². The first-order valence-corrected chi connectivity index (χ1v) is 8.46. The second-order valence-corrected chi connectivity index (χ2v) is 7.95. The number of hydrogen-bond donors (Lipinski definition) is 0. The first-order valence-electron chi connectivity index (χ1n) is 8.46. The van der Waals surface area contributed by atoms with E-state index in [1.807, 2.05) is 32.6 Å². The molecule has 2 rings (SSSR count). The minimum Gasteiger partial charge on any atom is -0.444 e. The molecular formula is C17H30N2O3. The molecule has 22 heavy (non-hydrogen) atoms. The number of piperidine rings is 2. The zero-order valence-electron chi connectivity index (χ0n) is 14.6. The fourth-order valence-electron chi connectivity index (χ4n) is 3.52. The minimum atomic E-state index is -0.478. The maximum Gasteiger partial charge on any atom is 0.410 e. The Morgan fingerprint density at radius 3 is 2.55 bits per heavy atom. The summed E-state index contributed by atoms with van der Waals surface area (Å²) >= 11 is 0. The Morgan fingerprint density at radius 1 is 1.23 bits per heavy atom. The summed E-state index contributed by atoms with van der Waals surface area (Å²) in [5, 5.41) is 0. The van der Waals surface area contributed by atoms with Crippen LogP contribution in [0, 0.1) is 11.8 Å². The van der Waals surface area contributed by atoms with Gasteiger partial charge in [0.1, 0.15) is 5.60 Å². The van der Waals surface area contributed by atoms with Crippen molar-refractivity contribution in [2.45, 2.75) is 65.5 Å². The van der Waals surface area contributed by atoms with Gasteiger partial charge in [-0.25, -0.2) is 4.79 Å². The van der Waals surface area contributed by atoms with Gasteiger partial charge < -0.3 is 14.5 Å². The van der Waals surface area contributed by atoms with Crippen LogP contribution in [0.4, 0.5) is 4.79 Å². The van der Waals surface area contributed by atoms with Crippen molar-refractivity contribution in [3.8, 4) is 0 Å². The highest BCUT2D eigenvalue weighted by Gasteiger charge is 2.37. The van der Waals surface area contributed by atoms with Crippen LogP contribution < -0.4 is 0 Å². The molecule has 2 aliphatic heterocycles. The van der Waals surface area contributed by atoms with Crippen LogP contribution in [0.15, 0.2) is 0 Å². The molecule has 0 saturated carbocycles. The third-order valence-electron chi connectivity index (χ3n) is 4.46. The van der Waals surface area contributed by atoms with E-state index in [4.69, 9.17) is 4.74 Å². The zero-order valence-corrected chi connectivity index (χ0v) is 14.6. The van der Waals surface area contributed by atoms with Crippen LogP contribution in [-0.2, 0) is 9.53 Å². The number of amides is 2. The molecule has 0 aromatic rings. The maximum absolute atomic E-state index is 12.5. The number of carbonyl (C=O) groups is 2. The molecule has 0 radical (unpaired) electrons. The fourth-order valence-corrected chi connectivity index (χ4v) is 3.52. The van der Waals surface area contributed by atoms with Crippen LogP contribution in [0.2, 0.25) is 0 Å². The molecule has 2 heterocycles. The Bertz CT molecular complexity index is 430. The second kappa shape index (κ2) is 6.47. The molecule has 2 fully saturated rings. The van der Waals surface area contributed by atoms with Crippen molar-refractivity contribution in [3.63, 3.8) is 0 Å². The van der Waals surface area contributed by atoms with Gasteiger partial charge in [0, 0.05) is 31.6 Å². The molecule has 2 aliphatic rings. The topological polar surface area (TPSA) is 49.9 Å². The Morgan fingerprint density at radius 2 is 1.91 bits per heavy atom. The molecule has 1 unspecified atom stereocenters. The summed E-state index contributed by atoms with van der Waals surface area (Å²) in [4.78, 5) is 28.5. The summed E-state index contributed by atoms with van der Waals surface area (Å²) in [5.74, 6) is 0.874. The highest BCUT2D eigenvalue weighted by molar-refractivity contribution is 5.79. The number of hydrogen-bond acceptors (Lipinski definition) is 3. The number of rotatable bonds is 1. The summed E-state index contributed by atoms with van der Waals surface area (Å²) in [5.41, 5.74) is -0.478. The standard InChI is InChI=1S/C17H30N2O3/c1-12-9-13(2)15(20)19(10-12)14-7-6-8-18(11-14)16(21)22-17(3,4)5/h12-14H,6-11H2,1-5H3/t12-,13?,14-/m1/s1. The van der Waals surface area contributed by atoms with Crippen molar-refractivity contribution in [2.75, 3.05) is 19.6 Å². The van der Waals surface area contributed by atoms with Gasteiger partial charge in [0.05, 0.1) is 0 Å². The van der Waals surface area contributed by atoms with E-state index in [2.05, 4.69) is 6.92 Å². The van der Waals surface area contributed by atoms with Crippen LogP contribution in [0.3, 0.4) is 0 Å². The van der Waals surface area contributed by atoms with E-state index >= 15 is 0 Å². The minimum absolute atomic E-state index is 0.0978. The largest absolute Gasteiger partial charge is 0.444 e. The van der Waals surface area contributed by atoms with E-state index in [-0.39, 0.29) is 24.0 Å². The highest BCUT2D eigenvalue weighted by atomic mass is 16.6. The Hall–Kier alpha value is -1.26. The van der Waals surface area contributed by atoms with Gasteiger partial charge >= 0.3 is 6.09 Å².